The number of aromatic nitrogens is 1. The first-order valence-corrected chi connectivity index (χ1v) is 8.36. The second-order valence-electron chi connectivity index (χ2n) is 6.81. The van der Waals surface area contributed by atoms with Crippen molar-refractivity contribution >= 4 is 5.69 Å². The SMILES string of the molecule is CC(C)CNCc1cnccc1N1CCN2CCCC2C1. The van der Waals surface area contributed by atoms with Gasteiger partial charge < -0.3 is 10.2 Å². The van der Waals surface area contributed by atoms with Crippen LogP contribution in [0.3, 0.4) is 0 Å². The number of pyridine rings is 1. The van der Waals surface area contributed by atoms with E-state index in [2.05, 4.69) is 40.0 Å². The summed E-state index contributed by atoms with van der Waals surface area (Å²) < 4.78 is 0. The number of nitrogens with one attached hydrogen (secondary N) is 1. The molecule has 0 radical (unpaired) electrons. The van der Waals surface area contributed by atoms with Crippen LogP contribution in [-0.4, -0.2) is 48.6 Å². The Morgan fingerprint density at radius 1 is 1.33 bits per heavy atom. The van der Waals surface area contributed by atoms with E-state index in [0.29, 0.717) is 5.92 Å². The third-order valence-electron chi connectivity index (χ3n) is 4.67. The van der Waals surface area contributed by atoms with Crippen molar-refractivity contribution in [2.75, 3.05) is 37.6 Å². The predicted molar refractivity (Wildman–Crippen MR) is 87.6 cm³/mol. The van der Waals surface area contributed by atoms with Gasteiger partial charge in [0.15, 0.2) is 0 Å². The molecule has 2 aliphatic rings. The number of hydrogen-bond donors (Lipinski definition) is 1. The lowest BCUT2D eigenvalue weighted by atomic mass is 10.1. The highest BCUT2D eigenvalue weighted by molar-refractivity contribution is 5.53. The molecule has 0 amide bonds. The molecule has 2 aliphatic heterocycles. The molecule has 0 aromatic carbocycles. The summed E-state index contributed by atoms with van der Waals surface area (Å²) in [4.78, 5) is 9.56. The number of rotatable bonds is 5. The predicted octanol–water partition coefficient (Wildman–Crippen LogP) is 2.11. The Bertz CT molecular complexity index is 460. The molecule has 0 spiro atoms. The summed E-state index contributed by atoms with van der Waals surface area (Å²) in [7, 11) is 0. The van der Waals surface area contributed by atoms with Crippen LogP contribution in [-0.2, 0) is 6.54 Å². The van der Waals surface area contributed by atoms with Gasteiger partial charge in [0.2, 0.25) is 0 Å². The standard InChI is InChI=1S/C17H28N4/c1-14(2)10-19-12-15-11-18-6-5-17(15)21-9-8-20-7-3-4-16(20)13-21/h5-6,11,14,16,19H,3-4,7-10,12-13H2,1-2H3. The molecule has 0 aliphatic carbocycles. The number of nitrogens with zero attached hydrogens (tertiary/aromatic N) is 3. The monoisotopic (exact) mass is 288 g/mol. The average Bonchev–Trinajstić information content (AvgIpc) is 2.95. The van der Waals surface area contributed by atoms with Crippen molar-refractivity contribution in [1.82, 2.24) is 15.2 Å². The molecule has 1 aromatic heterocycles. The number of hydrogen-bond acceptors (Lipinski definition) is 4. The summed E-state index contributed by atoms with van der Waals surface area (Å²) in [6.45, 7) is 11.3. The molecule has 4 nitrogen and oxygen atoms in total. The van der Waals surface area contributed by atoms with Gasteiger partial charge in [-0.05, 0) is 37.9 Å². The smallest absolute Gasteiger partial charge is 0.0443 e. The van der Waals surface area contributed by atoms with E-state index < -0.39 is 0 Å². The van der Waals surface area contributed by atoms with Gasteiger partial charge in [-0.25, -0.2) is 0 Å². The fourth-order valence-electron chi connectivity index (χ4n) is 3.57. The molecule has 4 heteroatoms. The lowest BCUT2D eigenvalue weighted by molar-refractivity contribution is 0.231. The van der Waals surface area contributed by atoms with Crippen LogP contribution in [0.4, 0.5) is 5.69 Å². The van der Waals surface area contributed by atoms with E-state index >= 15 is 0 Å². The summed E-state index contributed by atoms with van der Waals surface area (Å²) >= 11 is 0. The van der Waals surface area contributed by atoms with E-state index in [1.807, 2.05) is 12.4 Å². The third-order valence-corrected chi connectivity index (χ3v) is 4.67. The van der Waals surface area contributed by atoms with E-state index in [9.17, 15) is 0 Å². The molecule has 1 unspecified atom stereocenters. The fourth-order valence-corrected chi connectivity index (χ4v) is 3.57. The van der Waals surface area contributed by atoms with Crippen molar-refractivity contribution in [2.24, 2.45) is 5.92 Å². The van der Waals surface area contributed by atoms with Gasteiger partial charge in [-0.15, -0.1) is 0 Å². The Hall–Kier alpha value is -1.13. The number of anilines is 1. The maximum Gasteiger partial charge on any atom is 0.0443 e. The Labute approximate surface area is 128 Å². The lowest BCUT2D eigenvalue weighted by Gasteiger charge is -2.39. The van der Waals surface area contributed by atoms with E-state index in [1.165, 1.54) is 43.7 Å². The van der Waals surface area contributed by atoms with Crippen LogP contribution in [0.25, 0.3) is 0 Å². The van der Waals surface area contributed by atoms with E-state index in [1.54, 1.807) is 0 Å². The molecule has 0 bridgehead atoms. The molecular weight excluding hydrogens is 260 g/mol. The van der Waals surface area contributed by atoms with Crippen LogP contribution in [0.15, 0.2) is 18.5 Å². The molecule has 116 valence electrons. The second kappa shape index (κ2) is 6.75. The van der Waals surface area contributed by atoms with Gasteiger partial charge in [0.1, 0.15) is 0 Å². The molecule has 1 N–H and O–H groups in total. The first kappa shape index (κ1) is 14.8. The van der Waals surface area contributed by atoms with Gasteiger partial charge >= 0.3 is 0 Å². The Kier molecular flexibility index (Phi) is 4.76. The van der Waals surface area contributed by atoms with Crippen molar-refractivity contribution in [2.45, 2.75) is 39.3 Å². The van der Waals surface area contributed by atoms with E-state index in [4.69, 9.17) is 0 Å². The minimum absolute atomic E-state index is 0.687. The summed E-state index contributed by atoms with van der Waals surface area (Å²) in [6.07, 6.45) is 6.70. The fraction of sp³-hybridized carbons (Fsp3) is 0.706. The van der Waals surface area contributed by atoms with Gasteiger partial charge in [-0.2, -0.15) is 0 Å². The van der Waals surface area contributed by atoms with Gasteiger partial charge in [0.25, 0.3) is 0 Å². The summed E-state index contributed by atoms with van der Waals surface area (Å²) in [5.74, 6) is 0.687. The molecule has 2 saturated heterocycles. The minimum atomic E-state index is 0.687. The Morgan fingerprint density at radius 3 is 3.10 bits per heavy atom. The summed E-state index contributed by atoms with van der Waals surface area (Å²) in [5.41, 5.74) is 2.72. The molecule has 21 heavy (non-hydrogen) atoms. The van der Waals surface area contributed by atoms with Crippen LogP contribution in [0.1, 0.15) is 32.3 Å². The molecule has 1 atom stereocenters. The van der Waals surface area contributed by atoms with Crippen LogP contribution in [0, 0.1) is 5.92 Å². The quantitative estimate of drug-likeness (QED) is 0.899. The largest absolute Gasteiger partial charge is 0.368 e. The van der Waals surface area contributed by atoms with E-state index in [0.717, 1.165) is 25.7 Å². The van der Waals surface area contributed by atoms with Crippen molar-refractivity contribution < 1.29 is 0 Å². The molecule has 2 fully saturated rings. The van der Waals surface area contributed by atoms with Crippen LogP contribution in [0.2, 0.25) is 0 Å². The van der Waals surface area contributed by atoms with Gasteiger partial charge in [0, 0.05) is 55.9 Å². The zero-order chi connectivity index (χ0) is 14.7. The van der Waals surface area contributed by atoms with Gasteiger partial charge in [-0.3, -0.25) is 9.88 Å². The van der Waals surface area contributed by atoms with Crippen molar-refractivity contribution in [1.29, 1.82) is 0 Å². The molecule has 3 rings (SSSR count). The molecule has 3 heterocycles. The molecular formula is C17H28N4. The summed E-state index contributed by atoms with van der Waals surface area (Å²) in [6, 6.07) is 2.96. The van der Waals surface area contributed by atoms with Crippen LogP contribution >= 0.6 is 0 Å². The van der Waals surface area contributed by atoms with Crippen molar-refractivity contribution in [3.63, 3.8) is 0 Å². The first-order valence-electron chi connectivity index (χ1n) is 8.36. The zero-order valence-electron chi connectivity index (χ0n) is 13.4. The average molecular weight is 288 g/mol. The highest BCUT2D eigenvalue weighted by atomic mass is 15.3. The van der Waals surface area contributed by atoms with E-state index in [-0.39, 0.29) is 0 Å². The van der Waals surface area contributed by atoms with Gasteiger partial charge in [-0.1, -0.05) is 13.8 Å². The van der Waals surface area contributed by atoms with Crippen LogP contribution in [0.5, 0.6) is 0 Å². The van der Waals surface area contributed by atoms with Crippen molar-refractivity contribution in [3.8, 4) is 0 Å². The maximum atomic E-state index is 4.33. The Balaban J connectivity index is 1.66. The summed E-state index contributed by atoms with van der Waals surface area (Å²) in [5, 5.41) is 3.55. The molecule has 0 saturated carbocycles. The van der Waals surface area contributed by atoms with Crippen molar-refractivity contribution in [3.05, 3.63) is 24.0 Å². The highest BCUT2D eigenvalue weighted by Crippen LogP contribution is 2.27. The number of fused-ring (bicyclic) bond motifs is 1. The zero-order valence-corrected chi connectivity index (χ0v) is 13.4. The number of piperazine rings is 1. The highest BCUT2D eigenvalue weighted by Gasteiger charge is 2.31. The first-order chi connectivity index (χ1) is 10.2. The van der Waals surface area contributed by atoms with Crippen LogP contribution < -0.4 is 10.2 Å². The minimum Gasteiger partial charge on any atom is -0.368 e. The topological polar surface area (TPSA) is 31.4 Å². The maximum absolute atomic E-state index is 4.33. The third kappa shape index (κ3) is 3.55. The second-order valence-corrected chi connectivity index (χ2v) is 6.81. The Morgan fingerprint density at radius 2 is 2.24 bits per heavy atom. The molecule has 1 aromatic rings. The lowest BCUT2D eigenvalue weighted by Crippen LogP contribution is -2.50. The normalized spacial score (nSPS) is 22.8. The van der Waals surface area contributed by atoms with Gasteiger partial charge in [0.05, 0.1) is 0 Å².